The molecule has 0 unspecified atom stereocenters. The van der Waals surface area contributed by atoms with Crippen LogP contribution in [-0.4, -0.2) is 83.5 Å². The van der Waals surface area contributed by atoms with E-state index in [1.54, 1.807) is 25.1 Å². The molecule has 2 aliphatic heterocycles. The number of esters is 2. The van der Waals surface area contributed by atoms with Crippen molar-refractivity contribution in [3.63, 3.8) is 0 Å². The van der Waals surface area contributed by atoms with Crippen LogP contribution in [0.2, 0.25) is 0 Å². The molecule has 346 valence electrons. The van der Waals surface area contributed by atoms with Gasteiger partial charge >= 0.3 is 18.1 Å². The highest BCUT2D eigenvalue weighted by atomic mass is 35.5. The number of anilines is 2. The maximum atomic E-state index is 14.1. The molecule has 2 aliphatic rings. The van der Waals surface area contributed by atoms with Crippen molar-refractivity contribution in [2.45, 2.75) is 25.4 Å². The molecule has 9 rings (SSSR count). The first-order valence-corrected chi connectivity index (χ1v) is 22.0. The summed E-state index contributed by atoms with van der Waals surface area (Å²) in [5.74, 6) is -3.72. The molecule has 0 fully saturated rings. The van der Waals surface area contributed by atoms with Gasteiger partial charge in [0.1, 0.15) is 17.2 Å². The Morgan fingerprint density at radius 2 is 1.34 bits per heavy atom. The Hall–Kier alpha value is -7.78. The number of benzene rings is 5. The summed E-state index contributed by atoms with van der Waals surface area (Å²) in [4.78, 5) is 60.9. The summed E-state index contributed by atoms with van der Waals surface area (Å²) in [5, 5.41) is 22.1. The largest absolute Gasteiger partial charge is 0.506 e. The van der Waals surface area contributed by atoms with Gasteiger partial charge in [-0.1, -0.05) is 66.7 Å². The smallest absolute Gasteiger partial charge is 0.432 e. The molecule has 12 nitrogen and oxygen atoms in total. The number of amides is 1. The van der Waals surface area contributed by atoms with Crippen molar-refractivity contribution in [2.75, 3.05) is 49.5 Å². The third kappa shape index (κ3) is 8.12. The Kier molecular flexibility index (Phi) is 11.9. The second kappa shape index (κ2) is 17.8. The number of ketones is 1. The second-order valence-electron chi connectivity index (χ2n) is 16.6. The first kappa shape index (κ1) is 45.4. The van der Waals surface area contributed by atoms with E-state index in [1.165, 1.54) is 30.2 Å². The number of rotatable bonds is 11. The molecular formula is C52H42ClF3N4O8. The minimum Gasteiger partial charge on any atom is -0.506 e. The van der Waals surface area contributed by atoms with Crippen LogP contribution in [0.4, 0.5) is 24.5 Å². The molecule has 1 amide bonds. The second-order valence-corrected chi connectivity index (χ2v) is 16.9. The number of hydrogen-bond donors (Lipinski definition) is 4. The van der Waals surface area contributed by atoms with E-state index in [4.69, 9.17) is 21.1 Å². The third-order valence-electron chi connectivity index (χ3n) is 12.5. The molecule has 0 radical (unpaired) electrons. The highest BCUT2D eigenvalue weighted by Gasteiger charge is 2.43. The molecule has 0 bridgehead atoms. The van der Waals surface area contributed by atoms with E-state index >= 15 is 0 Å². The molecule has 0 saturated heterocycles. The highest BCUT2D eigenvalue weighted by molar-refractivity contribution is 6.20. The summed E-state index contributed by atoms with van der Waals surface area (Å²) in [6.45, 7) is 2.38. The Balaban J connectivity index is 0.884. The predicted octanol–water partition coefficient (Wildman–Crippen LogP) is 10.3. The van der Waals surface area contributed by atoms with Crippen LogP contribution in [0.25, 0.3) is 56.2 Å². The molecule has 16 heteroatoms. The number of fused-ring (bicyclic) bond motifs is 6. The molecule has 68 heavy (non-hydrogen) atoms. The molecule has 4 heterocycles. The maximum Gasteiger partial charge on any atom is 0.432 e. The number of phenols is 2. The number of H-pyrrole nitrogens is 2. The number of aromatic amines is 2. The summed E-state index contributed by atoms with van der Waals surface area (Å²) in [5.41, 5.74) is 6.09. The normalized spacial score (nSPS) is 14.7. The van der Waals surface area contributed by atoms with Crippen LogP contribution < -0.4 is 9.80 Å². The number of halogens is 4. The van der Waals surface area contributed by atoms with Gasteiger partial charge in [0.05, 0.1) is 48.6 Å². The van der Waals surface area contributed by atoms with Gasteiger partial charge in [0, 0.05) is 65.2 Å². The number of aryl methyl sites for hydroxylation is 1. The lowest BCUT2D eigenvalue weighted by Crippen LogP contribution is -2.28. The lowest BCUT2D eigenvalue weighted by Gasteiger charge is -2.18. The van der Waals surface area contributed by atoms with Crippen molar-refractivity contribution in [3.8, 4) is 33.8 Å². The standard InChI is InChI=1S/C52H42ClF3N4O8/c1-27-42(50(65)67-2)44-36-18-19-59(37(36)22-39(62)47(44)57-27)26-35(61)16-10-28-6-4-8-32(20-28)30-12-14-31(15-13-30)33-9-5-7-29(21-33)11-17-41(64)60-25-34(24-53)43-38(60)23-40(63)48-45(43)46(51(66)68-3)49(58-48)52(54,55)56/h4-17,20-23,34,57-58,62-63H,18-19,24-26H2,1-3H3/b16-10+,17-11+/t34-/m1/s1. The van der Waals surface area contributed by atoms with E-state index in [0.29, 0.717) is 46.4 Å². The van der Waals surface area contributed by atoms with Crippen LogP contribution in [0.3, 0.4) is 0 Å². The molecule has 2 aromatic heterocycles. The lowest BCUT2D eigenvalue weighted by atomic mass is 9.95. The zero-order valence-corrected chi connectivity index (χ0v) is 37.5. The predicted molar refractivity (Wildman–Crippen MR) is 254 cm³/mol. The summed E-state index contributed by atoms with van der Waals surface area (Å²) < 4.78 is 52.0. The number of nitrogens with zero attached hydrogens (tertiary/aromatic N) is 2. The number of nitrogens with one attached hydrogen (secondary N) is 2. The van der Waals surface area contributed by atoms with Gasteiger partial charge in [-0.05, 0) is 82.1 Å². The van der Waals surface area contributed by atoms with E-state index in [2.05, 4.69) is 9.97 Å². The summed E-state index contributed by atoms with van der Waals surface area (Å²) in [6.07, 6.45) is 1.88. The molecular weight excluding hydrogens is 901 g/mol. The van der Waals surface area contributed by atoms with Gasteiger partial charge in [-0.2, -0.15) is 13.2 Å². The average molecular weight is 943 g/mol. The van der Waals surface area contributed by atoms with Gasteiger partial charge in [0.2, 0.25) is 0 Å². The van der Waals surface area contributed by atoms with Gasteiger partial charge in [0.15, 0.2) is 5.78 Å². The van der Waals surface area contributed by atoms with Crippen LogP contribution in [0.15, 0.2) is 97.1 Å². The fourth-order valence-electron chi connectivity index (χ4n) is 9.41. The number of aromatic hydroxyl groups is 2. The van der Waals surface area contributed by atoms with E-state index in [0.717, 1.165) is 40.5 Å². The van der Waals surface area contributed by atoms with E-state index in [-0.39, 0.29) is 52.7 Å². The fraction of sp³-hybridized carbons (Fsp3) is 0.192. The Labute approximate surface area is 391 Å². The topological polar surface area (TPSA) is 165 Å². The van der Waals surface area contributed by atoms with E-state index < -0.39 is 46.9 Å². The number of phenolic OH excluding ortho intramolecular Hbond substituents is 2. The van der Waals surface area contributed by atoms with Gasteiger partial charge in [-0.25, -0.2) is 9.59 Å². The number of carbonyl (C=O) groups is 4. The Morgan fingerprint density at radius 1 is 0.765 bits per heavy atom. The van der Waals surface area contributed by atoms with Gasteiger partial charge in [0.25, 0.3) is 5.91 Å². The number of carbonyl (C=O) groups excluding carboxylic acids is 4. The van der Waals surface area contributed by atoms with Gasteiger partial charge < -0.3 is 39.5 Å². The number of hydrogen-bond acceptors (Lipinski definition) is 9. The molecule has 0 aliphatic carbocycles. The summed E-state index contributed by atoms with van der Waals surface area (Å²) in [6, 6.07) is 26.0. The van der Waals surface area contributed by atoms with Crippen molar-refractivity contribution >= 4 is 80.6 Å². The van der Waals surface area contributed by atoms with E-state index in [1.807, 2.05) is 77.7 Å². The first-order chi connectivity index (χ1) is 32.6. The molecule has 7 aromatic rings. The van der Waals surface area contributed by atoms with Crippen molar-refractivity contribution < 1.29 is 52.0 Å². The number of aromatic nitrogens is 2. The van der Waals surface area contributed by atoms with Crippen LogP contribution in [-0.2, 0) is 31.7 Å². The molecule has 5 aromatic carbocycles. The number of methoxy groups -OCH3 is 2. The summed E-state index contributed by atoms with van der Waals surface area (Å²) in [7, 11) is 2.27. The molecule has 0 spiro atoms. The van der Waals surface area contributed by atoms with Crippen molar-refractivity contribution in [2.24, 2.45) is 0 Å². The third-order valence-corrected chi connectivity index (χ3v) is 12.9. The number of ether oxygens (including phenoxy) is 2. The van der Waals surface area contributed by atoms with Gasteiger partial charge in [-0.15, -0.1) is 11.6 Å². The average Bonchev–Trinajstić information content (AvgIpc) is 4.12. The molecule has 0 saturated carbocycles. The maximum absolute atomic E-state index is 14.1. The first-order valence-electron chi connectivity index (χ1n) is 21.4. The van der Waals surface area contributed by atoms with Crippen LogP contribution in [0.1, 0.15) is 60.3 Å². The van der Waals surface area contributed by atoms with Crippen LogP contribution in [0, 0.1) is 6.92 Å². The fourth-order valence-corrected chi connectivity index (χ4v) is 9.67. The van der Waals surface area contributed by atoms with Crippen molar-refractivity contribution in [1.29, 1.82) is 0 Å². The highest BCUT2D eigenvalue weighted by Crippen LogP contribution is 2.49. The Bertz CT molecular complexity index is 3280. The van der Waals surface area contributed by atoms with Gasteiger partial charge in [-0.3, -0.25) is 9.59 Å². The number of alkyl halides is 4. The minimum atomic E-state index is -4.97. The van der Waals surface area contributed by atoms with Crippen LogP contribution >= 0.6 is 11.6 Å². The monoisotopic (exact) mass is 942 g/mol. The SMILES string of the molecule is COC(=O)c1c(C)[nH]c2c(O)cc3c(c12)CCN3CC(=O)/C=C/c1cccc(-c2ccc(-c3cccc(/C=C/C(=O)N4C[C@@H](CCl)c5c4cc(O)c4[nH]c(C(F)(F)F)c(C(=O)OC)c54)c3)cc2)c1. The van der Waals surface area contributed by atoms with E-state index in [9.17, 15) is 42.6 Å². The van der Waals surface area contributed by atoms with Crippen molar-refractivity contribution in [3.05, 3.63) is 142 Å². The quantitative estimate of drug-likeness (QED) is 0.0561. The Morgan fingerprint density at radius 3 is 1.93 bits per heavy atom. The molecule has 1 atom stereocenters. The van der Waals surface area contributed by atoms with Crippen molar-refractivity contribution in [1.82, 2.24) is 9.97 Å². The zero-order valence-electron chi connectivity index (χ0n) is 36.8. The summed E-state index contributed by atoms with van der Waals surface area (Å²) >= 11 is 6.30. The van der Waals surface area contributed by atoms with Crippen LogP contribution in [0.5, 0.6) is 11.5 Å². The zero-order chi connectivity index (χ0) is 48.2. The minimum absolute atomic E-state index is 0.00147. The molecule has 4 N–H and O–H groups in total. The lowest BCUT2D eigenvalue weighted by molar-refractivity contribution is -0.141.